The van der Waals surface area contributed by atoms with Crippen molar-refractivity contribution >= 4 is 27.8 Å². The monoisotopic (exact) mass is 324 g/mol. The summed E-state index contributed by atoms with van der Waals surface area (Å²) in [5.41, 5.74) is 5.78. The molecule has 3 rings (SSSR count). The lowest BCUT2D eigenvalue weighted by Gasteiger charge is -2.11. The van der Waals surface area contributed by atoms with Gasteiger partial charge in [-0.2, -0.15) is 0 Å². The molecule has 0 aliphatic carbocycles. The third kappa shape index (κ3) is 3.35. The standard InChI is InChI=1S/C18H20N4S/c1-12-6-5-7-13(2)16(12)19-18-21-20-17(23-18)14-8-10-15(11-9-14)22(3)4/h5-11H,1-4H3,(H,19,21). The van der Waals surface area contributed by atoms with E-state index in [9.17, 15) is 0 Å². The molecule has 5 heteroatoms. The van der Waals surface area contributed by atoms with Crippen LogP contribution in [-0.2, 0) is 0 Å². The normalized spacial score (nSPS) is 10.6. The first kappa shape index (κ1) is 15.5. The van der Waals surface area contributed by atoms with Gasteiger partial charge in [0.1, 0.15) is 5.01 Å². The number of nitrogens with zero attached hydrogens (tertiary/aromatic N) is 3. The first-order valence-electron chi connectivity index (χ1n) is 7.49. The van der Waals surface area contributed by atoms with Crippen molar-refractivity contribution in [1.82, 2.24) is 10.2 Å². The molecule has 23 heavy (non-hydrogen) atoms. The number of benzene rings is 2. The Hall–Kier alpha value is -2.40. The van der Waals surface area contributed by atoms with E-state index in [1.165, 1.54) is 16.8 Å². The average Bonchev–Trinajstić information content (AvgIpc) is 3.00. The molecule has 1 heterocycles. The third-order valence-electron chi connectivity index (χ3n) is 3.77. The van der Waals surface area contributed by atoms with Crippen molar-refractivity contribution in [2.24, 2.45) is 0 Å². The van der Waals surface area contributed by atoms with Gasteiger partial charge in [0.2, 0.25) is 5.13 Å². The quantitative estimate of drug-likeness (QED) is 0.759. The number of hydrogen-bond acceptors (Lipinski definition) is 5. The predicted octanol–water partition coefficient (Wildman–Crippen LogP) is 4.63. The zero-order valence-corrected chi connectivity index (χ0v) is 14.6. The maximum absolute atomic E-state index is 4.31. The van der Waals surface area contributed by atoms with Gasteiger partial charge in [-0.3, -0.25) is 0 Å². The molecule has 1 aromatic heterocycles. The van der Waals surface area contributed by atoms with Crippen molar-refractivity contribution < 1.29 is 0 Å². The lowest BCUT2D eigenvalue weighted by atomic mass is 10.1. The average molecular weight is 324 g/mol. The van der Waals surface area contributed by atoms with Crippen molar-refractivity contribution in [2.45, 2.75) is 13.8 Å². The molecular weight excluding hydrogens is 304 g/mol. The van der Waals surface area contributed by atoms with E-state index in [1.54, 1.807) is 11.3 Å². The van der Waals surface area contributed by atoms with E-state index in [-0.39, 0.29) is 0 Å². The molecule has 0 unspecified atom stereocenters. The zero-order valence-electron chi connectivity index (χ0n) is 13.8. The minimum absolute atomic E-state index is 0.814. The number of aromatic nitrogens is 2. The fraction of sp³-hybridized carbons (Fsp3) is 0.222. The Morgan fingerprint density at radius 3 is 2.17 bits per heavy atom. The van der Waals surface area contributed by atoms with Crippen LogP contribution < -0.4 is 10.2 Å². The molecule has 0 saturated heterocycles. The van der Waals surface area contributed by atoms with Crippen LogP contribution >= 0.6 is 11.3 Å². The maximum atomic E-state index is 4.31. The molecule has 0 radical (unpaired) electrons. The fourth-order valence-electron chi connectivity index (χ4n) is 2.41. The van der Waals surface area contributed by atoms with Crippen molar-refractivity contribution in [3.63, 3.8) is 0 Å². The van der Waals surface area contributed by atoms with E-state index < -0.39 is 0 Å². The Bertz CT molecular complexity index is 786. The molecule has 0 saturated carbocycles. The SMILES string of the molecule is Cc1cccc(C)c1Nc1nnc(-c2ccc(N(C)C)cc2)s1. The Balaban J connectivity index is 1.83. The van der Waals surface area contributed by atoms with Gasteiger partial charge in [-0.15, -0.1) is 10.2 Å². The molecule has 0 amide bonds. The van der Waals surface area contributed by atoms with Crippen LogP contribution in [-0.4, -0.2) is 24.3 Å². The van der Waals surface area contributed by atoms with Gasteiger partial charge < -0.3 is 10.2 Å². The van der Waals surface area contributed by atoms with Crippen LogP contribution in [0, 0.1) is 13.8 Å². The van der Waals surface area contributed by atoms with Crippen molar-refractivity contribution in [2.75, 3.05) is 24.3 Å². The summed E-state index contributed by atoms with van der Waals surface area (Å²) in [6, 6.07) is 14.6. The predicted molar refractivity (Wildman–Crippen MR) is 98.9 cm³/mol. The summed E-state index contributed by atoms with van der Waals surface area (Å²) >= 11 is 1.57. The largest absolute Gasteiger partial charge is 0.378 e. The van der Waals surface area contributed by atoms with E-state index >= 15 is 0 Å². The highest BCUT2D eigenvalue weighted by molar-refractivity contribution is 7.18. The molecule has 1 N–H and O–H groups in total. The van der Waals surface area contributed by atoms with E-state index in [4.69, 9.17) is 0 Å². The molecule has 4 nitrogen and oxygen atoms in total. The summed E-state index contributed by atoms with van der Waals surface area (Å²) in [4.78, 5) is 2.08. The lowest BCUT2D eigenvalue weighted by Crippen LogP contribution is -2.07. The van der Waals surface area contributed by atoms with Crippen molar-refractivity contribution in [1.29, 1.82) is 0 Å². The number of rotatable bonds is 4. The van der Waals surface area contributed by atoms with E-state index in [2.05, 4.69) is 76.7 Å². The molecule has 2 aromatic carbocycles. The molecule has 0 atom stereocenters. The Morgan fingerprint density at radius 1 is 0.913 bits per heavy atom. The van der Waals surface area contributed by atoms with Crippen LogP contribution in [0.4, 0.5) is 16.5 Å². The highest BCUT2D eigenvalue weighted by atomic mass is 32.1. The number of anilines is 3. The van der Waals surface area contributed by atoms with E-state index in [0.29, 0.717) is 0 Å². The van der Waals surface area contributed by atoms with Gasteiger partial charge in [-0.25, -0.2) is 0 Å². The Kier molecular flexibility index (Phi) is 4.30. The smallest absolute Gasteiger partial charge is 0.210 e. The molecule has 0 aliphatic rings. The second-order valence-corrected chi connectivity index (χ2v) is 6.72. The third-order valence-corrected chi connectivity index (χ3v) is 4.66. The van der Waals surface area contributed by atoms with Crippen molar-refractivity contribution in [3.8, 4) is 10.6 Å². The van der Waals surface area contributed by atoms with Crippen LogP contribution in [0.15, 0.2) is 42.5 Å². The molecule has 0 aliphatic heterocycles. The summed E-state index contributed by atoms with van der Waals surface area (Å²) < 4.78 is 0. The van der Waals surface area contributed by atoms with Crippen LogP contribution in [0.5, 0.6) is 0 Å². The second kappa shape index (κ2) is 6.38. The summed E-state index contributed by atoms with van der Waals surface area (Å²) in [5, 5.41) is 13.7. The molecule has 0 bridgehead atoms. The highest BCUT2D eigenvalue weighted by Gasteiger charge is 2.09. The molecule has 118 valence electrons. The summed E-state index contributed by atoms with van der Waals surface area (Å²) in [6.07, 6.45) is 0. The minimum Gasteiger partial charge on any atom is -0.378 e. The Labute approximate surface area is 140 Å². The summed E-state index contributed by atoms with van der Waals surface area (Å²) in [7, 11) is 4.07. The van der Waals surface area contributed by atoms with Crippen LogP contribution in [0.2, 0.25) is 0 Å². The van der Waals surface area contributed by atoms with Gasteiger partial charge >= 0.3 is 0 Å². The lowest BCUT2D eigenvalue weighted by molar-refractivity contribution is 1.09. The molecular formula is C18H20N4S. The minimum atomic E-state index is 0.814. The van der Waals surface area contributed by atoms with Gasteiger partial charge in [0.05, 0.1) is 0 Å². The topological polar surface area (TPSA) is 41.1 Å². The Morgan fingerprint density at radius 2 is 1.57 bits per heavy atom. The van der Waals surface area contributed by atoms with Gasteiger partial charge in [0.15, 0.2) is 0 Å². The first-order chi connectivity index (χ1) is 11.0. The zero-order chi connectivity index (χ0) is 16.4. The van der Waals surface area contributed by atoms with Gasteiger partial charge in [0.25, 0.3) is 0 Å². The summed E-state index contributed by atoms with van der Waals surface area (Å²) in [6.45, 7) is 4.19. The van der Waals surface area contributed by atoms with Crippen LogP contribution in [0.25, 0.3) is 10.6 Å². The van der Waals surface area contributed by atoms with Gasteiger partial charge in [-0.05, 0) is 49.2 Å². The highest BCUT2D eigenvalue weighted by Crippen LogP contribution is 2.31. The van der Waals surface area contributed by atoms with Crippen LogP contribution in [0.1, 0.15) is 11.1 Å². The number of hydrogen-bond donors (Lipinski definition) is 1. The molecule has 3 aromatic rings. The van der Waals surface area contributed by atoms with E-state index in [0.717, 1.165) is 21.4 Å². The van der Waals surface area contributed by atoms with Gasteiger partial charge in [-0.1, -0.05) is 29.5 Å². The van der Waals surface area contributed by atoms with Crippen molar-refractivity contribution in [3.05, 3.63) is 53.6 Å². The second-order valence-electron chi connectivity index (χ2n) is 5.75. The molecule has 0 spiro atoms. The fourth-order valence-corrected chi connectivity index (χ4v) is 3.16. The number of nitrogens with one attached hydrogen (secondary N) is 1. The maximum Gasteiger partial charge on any atom is 0.210 e. The van der Waals surface area contributed by atoms with Gasteiger partial charge in [0, 0.05) is 31.0 Å². The summed E-state index contributed by atoms with van der Waals surface area (Å²) in [5.74, 6) is 0. The van der Waals surface area contributed by atoms with Crippen LogP contribution in [0.3, 0.4) is 0 Å². The number of para-hydroxylation sites is 1. The first-order valence-corrected chi connectivity index (χ1v) is 8.31. The number of aryl methyl sites for hydroxylation is 2. The molecule has 0 fully saturated rings. The van der Waals surface area contributed by atoms with E-state index in [1.807, 2.05) is 14.1 Å².